The van der Waals surface area contributed by atoms with E-state index in [0.29, 0.717) is 25.9 Å². The third kappa shape index (κ3) is 10.1. The Morgan fingerprint density at radius 3 is 2.26 bits per heavy atom. The van der Waals surface area contributed by atoms with Crippen LogP contribution in [-0.2, 0) is 30.3 Å². The van der Waals surface area contributed by atoms with Gasteiger partial charge in [-0.3, -0.25) is 19.2 Å². The van der Waals surface area contributed by atoms with Crippen LogP contribution in [0.15, 0.2) is 55.6 Å². The molecule has 1 aromatic carbocycles. The van der Waals surface area contributed by atoms with Crippen molar-refractivity contribution < 1.29 is 29.0 Å². The number of esters is 1. The molecule has 0 saturated carbocycles. The summed E-state index contributed by atoms with van der Waals surface area (Å²) in [6, 6.07) is 8.29. The summed E-state index contributed by atoms with van der Waals surface area (Å²) >= 11 is 0. The number of aliphatic hydroxyl groups excluding tert-OH is 1. The number of carbonyl (C=O) groups excluding carboxylic acids is 4. The zero-order valence-corrected chi connectivity index (χ0v) is 22.3. The fraction of sp³-hybridized carbons (Fsp3) is 0.517. The largest absolute Gasteiger partial charge is 0.463 e. The van der Waals surface area contributed by atoms with Gasteiger partial charge in [-0.1, -0.05) is 42.5 Å². The topological polar surface area (TPSA) is 125 Å². The molecule has 208 valence electrons. The summed E-state index contributed by atoms with van der Waals surface area (Å²) in [4.78, 5) is 53.2. The molecule has 0 radical (unpaired) electrons. The Balaban J connectivity index is 2.10. The zero-order chi connectivity index (χ0) is 27.9. The molecule has 3 N–H and O–H groups in total. The van der Waals surface area contributed by atoms with Gasteiger partial charge in [0.25, 0.3) is 0 Å². The number of aliphatic hydroxyl groups is 1. The molecule has 9 heteroatoms. The third-order valence-corrected chi connectivity index (χ3v) is 6.46. The average molecular weight is 528 g/mol. The highest BCUT2D eigenvalue weighted by molar-refractivity contribution is 6.00. The number of hydrogen-bond donors (Lipinski definition) is 3. The van der Waals surface area contributed by atoms with Crippen LogP contribution in [0.3, 0.4) is 0 Å². The molecule has 38 heavy (non-hydrogen) atoms. The van der Waals surface area contributed by atoms with Crippen molar-refractivity contribution in [1.82, 2.24) is 15.5 Å². The minimum absolute atomic E-state index is 0.0468. The second-order valence-electron chi connectivity index (χ2n) is 9.71. The molecule has 0 aliphatic carbocycles. The van der Waals surface area contributed by atoms with Crippen LogP contribution in [0.5, 0.6) is 0 Å². The smallest absolute Gasteiger partial charge is 0.309 e. The molecule has 1 aliphatic heterocycles. The van der Waals surface area contributed by atoms with Gasteiger partial charge in [-0.05, 0) is 44.6 Å². The first kappa shape index (κ1) is 30.8. The van der Waals surface area contributed by atoms with Gasteiger partial charge in [0.15, 0.2) is 0 Å². The van der Waals surface area contributed by atoms with Gasteiger partial charge in [0.2, 0.25) is 17.7 Å². The maximum absolute atomic E-state index is 13.1. The fourth-order valence-corrected chi connectivity index (χ4v) is 4.31. The normalized spacial score (nSPS) is 16.0. The number of likely N-dealkylation sites (tertiary alicyclic amines) is 1. The summed E-state index contributed by atoms with van der Waals surface area (Å²) in [7, 11) is 0. The SMILES string of the molecule is C=CCC(C(=O)N[C@H](COC(=O)[C@@H](CC=C)CC(=O)N1CCCC1)Cc1ccccc1)C(=O)N[C@H](C)CO. The molecule has 1 aliphatic rings. The van der Waals surface area contributed by atoms with Crippen molar-refractivity contribution in [3.05, 3.63) is 61.2 Å². The highest BCUT2D eigenvalue weighted by atomic mass is 16.5. The highest BCUT2D eigenvalue weighted by Crippen LogP contribution is 2.18. The number of benzene rings is 1. The Labute approximate surface area is 225 Å². The second-order valence-corrected chi connectivity index (χ2v) is 9.71. The Morgan fingerprint density at radius 2 is 1.66 bits per heavy atom. The van der Waals surface area contributed by atoms with Crippen LogP contribution in [0.1, 0.15) is 44.6 Å². The quantitative estimate of drug-likeness (QED) is 0.172. The zero-order valence-electron chi connectivity index (χ0n) is 22.3. The van der Waals surface area contributed by atoms with Crippen molar-refractivity contribution in [3.8, 4) is 0 Å². The van der Waals surface area contributed by atoms with Gasteiger partial charge in [-0.15, -0.1) is 13.2 Å². The molecule has 1 unspecified atom stereocenters. The first-order valence-electron chi connectivity index (χ1n) is 13.2. The summed E-state index contributed by atoms with van der Waals surface area (Å²) in [5, 5.41) is 14.7. The van der Waals surface area contributed by atoms with Crippen molar-refractivity contribution in [2.45, 2.75) is 57.5 Å². The summed E-state index contributed by atoms with van der Waals surface area (Å²) in [5.74, 6) is -3.37. The lowest BCUT2D eigenvalue weighted by molar-refractivity contribution is -0.152. The predicted molar refractivity (Wildman–Crippen MR) is 145 cm³/mol. The summed E-state index contributed by atoms with van der Waals surface area (Å²) < 4.78 is 5.61. The minimum Gasteiger partial charge on any atom is -0.463 e. The Bertz CT molecular complexity index is 945. The van der Waals surface area contributed by atoms with Crippen molar-refractivity contribution in [1.29, 1.82) is 0 Å². The summed E-state index contributed by atoms with van der Waals surface area (Å²) in [6.07, 6.45) is 5.83. The van der Waals surface area contributed by atoms with Crippen LogP contribution in [0.25, 0.3) is 0 Å². The molecule has 9 nitrogen and oxygen atoms in total. The van der Waals surface area contributed by atoms with Crippen LogP contribution in [0, 0.1) is 11.8 Å². The number of hydrogen-bond acceptors (Lipinski definition) is 6. The molecule has 1 saturated heterocycles. The number of amides is 3. The van der Waals surface area contributed by atoms with E-state index in [-0.39, 0.29) is 32.0 Å². The van der Waals surface area contributed by atoms with E-state index in [9.17, 15) is 24.3 Å². The van der Waals surface area contributed by atoms with Crippen LogP contribution in [-0.4, -0.2) is 72.1 Å². The lowest BCUT2D eigenvalue weighted by Gasteiger charge is -2.24. The minimum atomic E-state index is -1.05. The second kappa shape index (κ2) is 16.4. The average Bonchev–Trinajstić information content (AvgIpc) is 3.45. The Kier molecular flexibility index (Phi) is 13.3. The van der Waals surface area contributed by atoms with Gasteiger partial charge in [0, 0.05) is 25.6 Å². The molecule has 1 fully saturated rings. The van der Waals surface area contributed by atoms with E-state index in [1.54, 1.807) is 17.9 Å². The van der Waals surface area contributed by atoms with E-state index in [0.717, 1.165) is 18.4 Å². The standard InChI is InChI=1S/C29H41N3O6/c1-4-11-23(18-26(34)32-15-9-10-16-32)29(37)38-20-24(17-22-13-7-6-8-14-22)31-28(36)25(12-5-2)27(35)30-21(3)19-33/h4-8,13-14,21,23-25,33H,1-2,9-12,15-20H2,3H3,(H,30,35)(H,31,36)/t21-,23+,24+,25?/m1/s1. The van der Waals surface area contributed by atoms with Crippen molar-refractivity contribution in [3.63, 3.8) is 0 Å². The number of nitrogens with zero attached hydrogens (tertiary/aromatic N) is 1. The van der Waals surface area contributed by atoms with Crippen LogP contribution in [0.4, 0.5) is 0 Å². The molecule has 0 bridgehead atoms. The molecule has 2 rings (SSSR count). The van der Waals surface area contributed by atoms with E-state index in [2.05, 4.69) is 23.8 Å². The monoisotopic (exact) mass is 527 g/mol. The van der Waals surface area contributed by atoms with Crippen LogP contribution >= 0.6 is 0 Å². The van der Waals surface area contributed by atoms with E-state index in [4.69, 9.17) is 4.74 Å². The Morgan fingerprint density at radius 1 is 1.03 bits per heavy atom. The van der Waals surface area contributed by atoms with E-state index in [1.807, 2.05) is 30.3 Å². The highest BCUT2D eigenvalue weighted by Gasteiger charge is 2.30. The number of rotatable bonds is 16. The van der Waals surface area contributed by atoms with E-state index >= 15 is 0 Å². The molecule has 4 atom stereocenters. The van der Waals surface area contributed by atoms with Gasteiger partial charge in [0.1, 0.15) is 12.5 Å². The number of nitrogens with one attached hydrogen (secondary N) is 2. The predicted octanol–water partition coefficient (Wildman–Crippen LogP) is 2.15. The van der Waals surface area contributed by atoms with E-state index in [1.165, 1.54) is 6.08 Å². The molecule has 1 aromatic rings. The number of allylic oxidation sites excluding steroid dienone is 2. The first-order valence-corrected chi connectivity index (χ1v) is 13.2. The molecule has 0 aromatic heterocycles. The molecule has 3 amide bonds. The molecular formula is C29H41N3O6. The fourth-order valence-electron chi connectivity index (χ4n) is 4.31. The van der Waals surface area contributed by atoms with Crippen molar-refractivity contribution in [2.24, 2.45) is 11.8 Å². The maximum atomic E-state index is 13.1. The number of ether oxygens (including phenoxy) is 1. The lowest BCUT2D eigenvalue weighted by atomic mass is 10.00. The van der Waals surface area contributed by atoms with Crippen LogP contribution in [0.2, 0.25) is 0 Å². The van der Waals surface area contributed by atoms with Gasteiger partial charge in [-0.2, -0.15) is 0 Å². The molecular weight excluding hydrogens is 486 g/mol. The van der Waals surface area contributed by atoms with Gasteiger partial charge in [-0.25, -0.2) is 0 Å². The van der Waals surface area contributed by atoms with Gasteiger partial charge in [0.05, 0.1) is 18.6 Å². The van der Waals surface area contributed by atoms with Crippen molar-refractivity contribution >= 4 is 23.7 Å². The molecule has 1 heterocycles. The first-order chi connectivity index (χ1) is 18.3. The van der Waals surface area contributed by atoms with Crippen LogP contribution < -0.4 is 10.6 Å². The van der Waals surface area contributed by atoms with Gasteiger partial charge < -0.3 is 25.4 Å². The summed E-state index contributed by atoms with van der Waals surface area (Å²) in [5.41, 5.74) is 0.916. The third-order valence-electron chi connectivity index (χ3n) is 6.46. The van der Waals surface area contributed by atoms with Crippen molar-refractivity contribution in [2.75, 3.05) is 26.3 Å². The number of carbonyl (C=O) groups is 4. The van der Waals surface area contributed by atoms with Gasteiger partial charge >= 0.3 is 5.97 Å². The summed E-state index contributed by atoms with van der Waals surface area (Å²) in [6.45, 7) is 10.0. The maximum Gasteiger partial charge on any atom is 0.309 e. The Hall–Kier alpha value is -3.46. The molecule has 0 spiro atoms. The lowest BCUT2D eigenvalue weighted by Crippen LogP contribution is -2.49. The van der Waals surface area contributed by atoms with E-state index < -0.39 is 41.7 Å².